The van der Waals surface area contributed by atoms with Crippen LogP contribution in [0.4, 0.5) is 0 Å². The summed E-state index contributed by atoms with van der Waals surface area (Å²) in [5.41, 5.74) is 2.24. The van der Waals surface area contributed by atoms with Crippen LogP contribution < -0.4 is 14.8 Å². The molecule has 1 N–H and O–H groups in total. The molecule has 4 heteroatoms. The summed E-state index contributed by atoms with van der Waals surface area (Å²) in [4.78, 5) is 4.18. The molecule has 0 atom stereocenters. The van der Waals surface area contributed by atoms with Crippen molar-refractivity contribution in [1.82, 2.24) is 10.3 Å². The highest BCUT2D eigenvalue weighted by Gasteiger charge is 1.97. The van der Waals surface area contributed by atoms with Crippen LogP contribution in [0.25, 0.3) is 0 Å². The summed E-state index contributed by atoms with van der Waals surface area (Å²) < 4.78 is 11.2. The molecule has 0 aliphatic heterocycles. The van der Waals surface area contributed by atoms with Crippen molar-refractivity contribution in [2.75, 3.05) is 19.8 Å². The summed E-state index contributed by atoms with van der Waals surface area (Å²) in [6, 6.07) is 12.0. The largest absolute Gasteiger partial charge is 0.490 e. The second-order valence-corrected chi connectivity index (χ2v) is 4.76. The van der Waals surface area contributed by atoms with E-state index in [4.69, 9.17) is 9.47 Å². The van der Waals surface area contributed by atoms with Crippen LogP contribution in [0, 0.1) is 6.92 Å². The van der Waals surface area contributed by atoms with Crippen molar-refractivity contribution in [2.24, 2.45) is 0 Å². The Balaban J connectivity index is 1.69. The van der Waals surface area contributed by atoms with E-state index in [9.17, 15) is 0 Å². The second kappa shape index (κ2) is 8.27. The van der Waals surface area contributed by atoms with Crippen LogP contribution in [0.15, 0.2) is 42.6 Å². The Morgan fingerprint density at radius 1 is 0.952 bits per heavy atom. The number of pyridine rings is 1. The molecule has 1 aromatic heterocycles. The van der Waals surface area contributed by atoms with Gasteiger partial charge in [0.2, 0.25) is 0 Å². The molecule has 0 saturated heterocycles. The minimum absolute atomic E-state index is 0.504. The van der Waals surface area contributed by atoms with Gasteiger partial charge in [-0.1, -0.05) is 19.1 Å². The molecule has 0 aliphatic carbocycles. The van der Waals surface area contributed by atoms with E-state index in [0.29, 0.717) is 13.2 Å². The highest BCUT2D eigenvalue weighted by molar-refractivity contribution is 5.27. The smallest absolute Gasteiger partial charge is 0.137 e. The molecule has 21 heavy (non-hydrogen) atoms. The van der Waals surface area contributed by atoms with Gasteiger partial charge in [0.1, 0.15) is 24.7 Å². The number of nitrogens with one attached hydrogen (secondary N) is 1. The average Bonchev–Trinajstić information content (AvgIpc) is 2.52. The summed E-state index contributed by atoms with van der Waals surface area (Å²) in [5.74, 6) is 1.63. The van der Waals surface area contributed by atoms with Gasteiger partial charge in [-0.3, -0.25) is 4.98 Å². The Labute approximate surface area is 126 Å². The fourth-order valence-electron chi connectivity index (χ4n) is 1.83. The van der Waals surface area contributed by atoms with Gasteiger partial charge < -0.3 is 14.8 Å². The van der Waals surface area contributed by atoms with E-state index in [0.717, 1.165) is 30.3 Å². The summed E-state index contributed by atoms with van der Waals surface area (Å²) in [5, 5.41) is 3.29. The standard InChI is InChI=1S/C17H22N2O2/c1-3-18-12-15-5-8-16(9-6-15)20-10-11-21-17-7-4-14(2)19-13-17/h4-9,13,18H,3,10-12H2,1-2H3. The Hall–Kier alpha value is -2.07. The Morgan fingerprint density at radius 2 is 1.62 bits per heavy atom. The molecule has 0 amide bonds. The molecule has 2 aromatic rings. The van der Waals surface area contributed by atoms with Crippen molar-refractivity contribution in [3.8, 4) is 11.5 Å². The molecule has 0 saturated carbocycles. The molecule has 0 unspecified atom stereocenters. The number of hydrogen-bond donors (Lipinski definition) is 1. The molecule has 1 heterocycles. The first-order chi connectivity index (χ1) is 10.3. The van der Waals surface area contributed by atoms with Crippen LogP contribution in [0.3, 0.4) is 0 Å². The van der Waals surface area contributed by atoms with Crippen LogP contribution >= 0.6 is 0 Å². The molecule has 0 bridgehead atoms. The maximum atomic E-state index is 5.65. The minimum atomic E-state index is 0.504. The maximum Gasteiger partial charge on any atom is 0.137 e. The fraction of sp³-hybridized carbons (Fsp3) is 0.353. The van der Waals surface area contributed by atoms with Crippen molar-refractivity contribution in [3.63, 3.8) is 0 Å². The molecule has 0 radical (unpaired) electrons. The van der Waals surface area contributed by atoms with Crippen LogP contribution in [0.5, 0.6) is 11.5 Å². The lowest BCUT2D eigenvalue weighted by atomic mass is 10.2. The van der Waals surface area contributed by atoms with Crippen molar-refractivity contribution in [3.05, 3.63) is 53.9 Å². The van der Waals surface area contributed by atoms with Crippen LogP contribution in [-0.4, -0.2) is 24.7 Å². The molecule has 1 aromatic carbocycles. The topological polar surface area (TPSA) is 43.4 Å². The average molecular weight is 286 g/mol. The van der Waals surface area contributed by atoms with Gasteiger partial charge in [-0.25, -0.2) is 0 Å². The number of aromatic nitrogens is 1. The minimum Gasteiger partial charge on any atom is -0.490 e. The molecular formula is C17H22N2O2. The van der Waals surface area contributed by atoms with E-state index in [1.165, 1.54) is 5.56 Å². The molecular weight excluding hydrogens is 264 g/mol. The molecule has 112 valence electrons. The predicted octanol–water partition coefficient (Wildman–Crippen LogP) is 2.96. The normalized spacial score (nSPS) is 10.4. The number of nitrogens with zero attached hydrogens (tertiary/aromatic N) is 1. The third-order valence-corrected chi connectivity index (χ3v) is 3.01. The van der Waals surface area contributed by atoms with Crippen molar-refractivity contribution in [1.29, 1.82) is 0 Å². The first kappa shape index (κ1) is 15.3. The zero-order valence-electron chi connectivity index (χ0n) is 12.6. The molecule has 0 fully saturated rings. The third kappa shape index (κ3) is 5.44. The highest BCUT2D eigenvalue weighted by Crippen LogP contribution is 2.12. The van der Waals surface area contributed by atoms with Gasteiger partial charge in [0.15, 0.2) is 0 Å². The number of hydrogen-bond acceptors (Lipinski definition) is 4. The van der Waals surface area contributed by atoms with E-state index in [-0.39, 0.29) is 0 Å². The molecule has 4 nitrogen and oxygen atoms in total. The lowest BCUT2D eigenvalue weighted by Gasteiger charge is -2.09. The van der Waals surface area contributed by atoms with Crippen molar-refractivity contribution >= 4 is 0 Å². The van der Waals surface area contributed by atoms with E-state index in [1.807, 2.05) is 31.2 Å². The van der Waals surface area contributed by atoms with E-state index >= 15 is 0 Å². The monoisotopic (exact) mass is 286 g/mol. The zero-order chi connectivity index (χ0) is 14.9. The third-order valence-electron chi connectivity index (χ3n) is 3.01. The number of rotatable bonds is 8. The van der Waals surface area contributed by atoms with Gasteiger partial charge in [0.05, 0.1) is 6.20 Å². The van der Waals surface area contributed by atoms with E-state index in [1.54, 1.807) is 6.20 Å². The molecule has 2 rings (SSSR count). The SMILES string of the molecule is CCNCc1ccc(OCCOc2ccc(C)nc2)cc1. The Morgan fingerprint density at radius 3 is 2.24 bits per heavy atom. The fourth-order valence-corrected chi connectivity index (χ4v) is 1.83. The lowest BCUT2D eigenvalue weighted by molar-refractivity contribution is 0.216. The van der Waals surface area contributed by atoms with Gasteiger partial charge in [-0.2, -0.15) is 0 Å². The van der Waals surface area contributed by atoms with Crippen molar-refractivity contribution in [2.45, 2.75) is 20.4 Å². The first-order valence-corrected chi connectivity index (χ1v) is 7.26. The maximum absolute atomic E-state index is 5.65. The molecule has 0 aliphatic rings. The Kier molecular flexibility index (Phi) is 6.03. The van der Waals surface area contributed by atoms with Gasteiger partial charge in [-0.15, -0.1) is 0 Å². The van der Waals surface area contributed by atoms with Crippen molar-refractivity contribution < 1.29 is 9.47 Å². The van der Waals surface area contributed by atoms with E-state index < -0.39 is 0 Å². The second-order valence-electron chi connectivity index (χ2n) is 4.76. The zero-order valence-corrected chi connectivity index (χ0v) is 12.6. The number of benzene rings is 1. The first-order valence-electron chi connectivity index (χ1n) is 7.26. The predicted molar refractivity (Wildman–Crippen MR) is 83.8 cm³/mol. The number of aryl methyl sites for hydroxylation is 1. The van der Waals surface area contributed by atoms with E-state index in [2.05, 4.69) is 29.4 Å². The van der Waals surface area contributed by atoms with Crippen LogP contribution in [-0.2, 0) is 6.54 Å². The van der Waals surface area contributed by atoms with Gasteiger partial charge >= 0.3 is 0 Å². The quantitative estimate of drug-likeness (QED) is 0.758. The van der Waals surface area contributed by atoms with Crippen LogP contribution in [0.1, 0.15) is 18.2 Å². The Bertz CT molecular complexity index is 523. The highest BCUT2D eigenvalue weighted by atomic mass is 16.5. The summed E-state index contributed by atoms with van der Waals surface area (Å²) in [7, 11) is 0. The summed E-state index contributed by atoms with van der Waals surface area (Å²) in [6.45, 7) is 6.93. The summed E-state index contributed by atoms with van der Waals surface area (Å²) in [6.07, 6.45) is 1.73. The number of ether oxygens (including phenoxy) is 2. The molecule has 0 spiro atoms. The van der Waals surface area contributed by atoms with Gasteiger partial charge in [0.25, 0.3) is 0 Å². The lowest BCUT2D eigenvalue weighted by Crippen LogP contribution is -2.12. The summed E-state index contributed by atoms with van der Waals surface area (Å²) >= 11 is 0. The van der Waals surface area contributed by atoms with Gasteiger partial charge in [-0.05, 0) is 43.3 Å². The van der Waals surface area contributed by atoms with Gasteiger partial charge in [0, 0.05) is 12.2 Å². The van der Waals surface area contributed by atoms with Crippen LogP contribution in [0.2, 0.25) is 0 Å².